The quantitative estimate of drug-likeness (QED) is 0.566. The largest absolute Gasteiger partial charge is 0.369 e. The van der Waals surface area contributed by atoms with E-state index in [9.17, 15) is 13.2 Å². The van der Waals surface area contributed by atoms with E-state index in [4.69, 9.17) is 5.14 Å². The third-order valence-corrected chi connectivity index (χ3v) is 2.89. The van der Waals surface area contributed by atoms with Crippen LogP contribution in [0.15, 0.2) is 12.1 Å². The lowest BCUT2D eigenvalue weighted by atomic mass is 10.3. The Labute approximate surface area is 105 Å². The van der Waals surface area contributed by atoms with Crippen molar-refractivity contribution in [2.45, 2.75) is 6.42 Å². The third-order valence-electron chi connectivity index (χ3n) is 2.04. The van der Waals surface area contributed by atoms with Crippen LogP contribution in [0, 0.1) is 0 Å². The number of carbonyl (C=O) groups excluding carboxylic acids is 1. The predicted octanol–water partition coefficient (Wildman–Crippen LogP) is -1.07. The van der Waals surface area contributed by atoms with Crippen LogP contribution >= 0.6 is 0 Å². The lowest BCUT2D eigenvalue weighted by Gasteiger charge is -2.04. The van der Waals surface area contributed by atoms with E-state index in [1.54, 1.807) is 6.07 Å². The summed E-state index contributed by atoms with van der Waals surface area (Å²) in [6, 6.07) is 3.11. The van der Waals surface area contributed by atoms with Crippen molar-refractivity contribution in [3.8, 4) is 0 Å². The average Bonchev–Trinajstić information content (AvgIpc) is 2.33. The molecular formula is C9H15N5O3S. The van der Waals surface area contributed by atoms with E-state index in [0.717, 1.165) is 0 Å². The van der Waals surface area contributed by atoms with Gasteiger partial charge in [0.25, 0.3) is 5.91 Å². The summed E-state index contributed by atoms with van der Waals surface area (Å²) >= 11 is 0. The number of primary sulfonamides is 1. The molecule has 0 aromatic carbocycles. The normalized spacial score (nSPS) is 11.0. The average molecular weight is 273 g/mol. The van der Waals surface area contributed by atoms with Crippen molar-refractivity contribution in [3.63, 3.8) is 0 Å². The highest BCUT2D eigenvalue weighted by atomic mass is 32.2. The molecule has 0 unspecified atom stereocenters. The molecule has 4 N–H and O–H groups in total. The standard InChI is InChI=1S/C9H15N5O3S/c1-11-9(15)7-3-4-8(14-13-7)12-5-2-6-18(10,16)17/h3-4H,2,5-6H2,1H3,(H,11,15)(H,12,14)(H2,10,16,17). The maximum absolute atomic E-state index is 11.2. The fourth-order valence-corrected chi connectivity index (χ4v) is 1.71. The summed E-state index contributed by atoms with van der Waals surface area (Å²) in [5, 5.41) is 17.6. The number of carbonyl (C=O) groups is 1. The summed E-state index contributed by atoms with van der Waals surface area (Å²) in [5.74, 6) is 0.0596. The van der Waals surface area contributed by atoms with E-state index in [2.05, 4.69) is 20.8 Å². The van der Waals surface area contributed by atoms with Crippen molar-refractivity contribution in [2.24, 2.45) is 5.14 Å². The van der Waals surface area contributed by atoms with Gasteiger partial charge in [-0.15, -0.1) is 10.2 Å². The second-order valence-corrected chi connectivity index (χ2v) is 5.26. The Hall–Kier alpha value is -1.74. The zero-order valence-electron chi connectivity index (χ0n) is 9.88. The Balaban J connectivity index is 2.42. The highest BCUT2D eigenvalue weighted by molar-refractivity contribution is 7.89. The monoisotopic (exact) mass is 273 g/mol. The molecule has 8 nitrogen and oxygen atoms in total. The molecule has 0 aliphatic rings. The Morgan fingerprint density at radius 3 is 2.61 bits per heavy atom. The van der Waals surface area contributed by atoms with Crippen LogP contribution in [0.1, 0.15) is 16.9 Å². The maximum Gasteiger partial charge on any atom is 0.271 e. The number of amides is 1. The minimum absolute atomic E-state index is 0.0935. The molecule has 1 heterocycles. The third kappa shape index (κ3) is 5.06. The molecule has 0 spiro atoms. The van der Waals surface area contributed by atoms with Crippen molar-refractivity contribution >= 4 is 21.7 Å². The first-order chi connectivity index (χ1) is 8.42. The smallest absolute Gasteiger partial charge is 0.271 e. The van der Waals surface area contributed by atoms with Crippen LogP contribution in [0.2, 0.25) is 0 Å². The van der Waals surface area contributed by atoms with Crippen LogP contribution in [0.25, 0.3) is 0 Å². The molecule has 0 saturated heterocycles. The number of anilines is 1. The lowest BCUT2D eigenvalue weighted by molar-refractivity contribution is 0.0957. The number of hydrogen-bond acceptors (Lipinski definition) is 6. The van der Waals surface area contributed by atoms with Crippen LogP contribution < -0.4 is 15.8 Å². The van der Waals surface area contributed by atoms with E-state index in [1.165, 1.54) is 13.1 Å². The number of sulfonamides is 1. The minimum atomic E-state index is -3.43. The zero-order valence-corrected chi connectivity index (χ0v) is 10.7. The fourth-order valence-electron chi connectivity index (χ4n) is 1.17. The highest BCUT2D eigenvalue weighted by Gasteiger charge is 2.05. The van der Waals surface area contributed by atoms with Gasteiger partial charge in [-0.2, -0.15) is 0 Å². The second-order valence-electron chi connectivity index (χ2n) is 3.53. The molecule has 100 valence electrons. The second kappa shape index (κ2) is 6.26. The van der Waals surface area contributed by atoms with Crippen LogP contribution in [-0.4, -0.2) is 43.9 Å². The molecule has 0 aliphatic heterocycles. The molecule has 0 radical (unpaired) electrons. The van der Waals surface area contributed by atoms with Crippen LogP contribution in [-0.2, 0) is 10.0 Å². The SMILES string of the molecule is CNC(=O)c1ccc(NCCCS(N)(=O)=O)nn1. The Morgan fingerprint density at radius 1 is 1.39 bits per heavy atom. The van der Waals surface area contributed by atoms with Crippen LogP contribution in [0.4, 0.5) is 5.82 Å². The van der Waals surface area contributed by atoms with Gasteiger partial charge in [0.05, 0.1) is 5.75 Å². The molecule has 9 heteroatoms. The van der Waals surface area contributed by atoms with Gasteiger partial charge in [0, 0.05) is 13.6 Å². The van der Waals surface area contributed by atoms with Gasteiger partial charge < -0.3 is 10.6 Å². The van der Waals surface area contributed by atoms with Crippen molar-refractivity contribution in [3.05, 3.63) is 17.8 Å². The van der Waals surface area contributed by atoms with Gasteiger partial charge in [0.2, 0.25) is 10.0 Å². The van der Waals surface area contributed by atoms with Gasteiger partial charge in [0.1, 0.15) is 5.82 Å². The predicted molar refractivity (Wildman–Crippen MR) is 66.5 cm³/mol. The summed E-state index contributed by atoms with van der Waals surface area (Å²) in [6.45, 7) is 0.407. The van der Waals surface area contributed by atoms with E-state index in [0.29, 0.717) is 18.8 Å². The summed E-state index contributed by atoms with van der Waals surface area (Å²) in [4.78, 5) is 11.2. The highest BCUT2D eigenvalue weighted by Crippen LogP contribution is 2.02. The molecule has 1 aromatic heterocycles. The molecule has 1 aromatic rings. The number of hydrogen-bond donors (Lipinski definition) is 3. The maximum atomic E-state index is 11.2. The van der Waals surface area contributed by atoms with E-state index in [-0.39, 0.29) is 17.4 Å². The van der Waals surface area contributed by atoms with Crippen molar-refractivity contribution in [1.29, 1.82) is 0 Å². The Bertz CT molecular complexity index is 499. The molecule has 0 aliphatic carbocycles. The molecule has 0 atom stereocenters. The van der Waals surface area contributed by atoms with Crippen molar-refractivity contribution in [1.82, 2.24) is 15.5 Å². The Morgan fingerprint density at radius 2 is 2.11 bits per heavy atom. The number of nitrogens with zero attached hydrogens (tertiary/aromatic N) is 2. The van der Waals surface area contributed by atoms with Gasteiger partial charge >= 0.3 is 0 Å². The van der Waals surface area contributed by atoms with Crippen LogP contribution in [0.3, 0.4) is 0 Å². The molecule has 18 heavy (non-hydrogen) atoms. The van der Waals surface area contributed by atoms with Gasteiger partial charge in [-0.05, 0) is 18.6 Å². The van der Waals surface area contributed by atoms with Crippen LogP contribution in [0.5, 0.6) is 0 Å². The molecule has 1 amide bonds. The number of aromatic nitrogens is 2. The first-order valence-electron chi connectivity index (χ1n) is 5.22. The van der Waals surface area contributed by atoms with Gasteiger partial charge in [-0.25, -0.2) is 13.6 Å². The minimum Gasteiger partial charge on any atom is -0.369 e. The Kier molecular flexibility index (Phi) is 4.98. The first kappa shape index (κ1) is 14.3. The number of rotatable bonds is 6. The zero-order chi connectivity index (χ0) is 13.6. The molecule has 0 fully saturated rings. The van der Waals surface area contributed by atoms with E-state index >= 15 is 0 Å². The first-order valence-corrected chi connectivity index (χ1v) is 6.94. The summed E-state index contributed by atoms with van der Waals surface area (Å²) < 4.78 is 21.3. The molecule has 0 saturated carbocycles. The van der Waals surface area contributed by atoms with Crippen molar-refractivity contribution < 1.29 is 13.2 Å². The van der Waals surface area contributed by atoms with Gasteiger partial charge in [-0.3, -0.25) is 4.79 Å². The molecular weight excluding hydrogens is 258 g/mol. The fraction of sp³-hybridized carbons (Fsp3) is 0.444. The molecule has 0 bridgehead atoms. The number of nitrogens with one attached hydrogen (secondary N) is 2. The van der Waals surface area contributed by atoms with Crippen molar-refractivity contribution in [2.75, 3.05) is 24.7 Å². The molecule has 1 rings (SSSR count). The topological polar surface area (TPSA) is 127 Å². The van der Waals surface area contributed by atoms with E-state index in [1.807, 2.05) is 0 Å². The van der Waals surface area contributed by atoms with Gasteiger partial charge in [-0.1, -0.05) is 0 Å². The number of nitrogens with two attached hydrogens (primary N) is 1. The summed E-state index contributed by atoms with van der Waals surface area (Å²) in [6.07, 6.45) is 0.373. The summed E-state index contributed by atoms with van der Waals surface area (Å²) in [7, 11) is -1.93. The lowest BCUT2D eigenvalue weighted by Crippen LogP contribution is -2.20. The van der Waals surface area contributed by atoms with Gasteiger partial charge in [0.15, 0.2) is 5.69 Å². The summed E-state index contributed by atoms with van der Waals surface area (Å²) in [5.41, 5.74) is 0.215. The van der Waals surface area contributed by atoms with E-state index < -0.39 is 10.0 Å².